The van der Waals surface area contributed by atoms with Gasteiger partial charge in [-0.3, -0.25) is 10.1 Å². The maximum Gasteiger partial charge on any atom is 0.156 e. The van der Waals surface area contributed by atoms with Crippen LogP contribution in [0.15, 0.2) is 6.07 Å². The van der Waals surface area contributed by atoms with Crippen LogP contribution in [-0.4, -0.2) is 22.2 Å². The molecule has 1 saturated heterocycles. The monoisotopic (exact) mass is 178 g/mol. The third-order valence-electron chi connectivity index (χ3n) is 2.50. The molecule has 4 nitrogen and oxygen atoms in total. The van der Waals surface area contributed by atoms with Gasteiger partial charge < -0.3 is 4.90 Å². The summed E-state index contributed by atoms with van der Waals surface area (Å²) in [7, 11) is 1.93. The SMILES string of the molecule is Cc1cc(N2CCCC2=N)nn1C. The van der Waals surface area contributed by atoms with Gasteiger partial charge in [-0.15, -0.1) is 0 Å². The molecule has 1 N–H and O–H groups in total. The van der Waals surface area contributed by atoms with Crippen LogP contribution >= 0.6 is 0 Å². The molecule has 1 fully saturated rings. The Balaban J connectivity index is 2.29. The molecular weight excluding hydrogens is 164 g/mol. The molecule has 1 aliphatic rings. The van der Waals surface area contributed by atoms with Crippen molar-refractivity contribution in [2.45, 2.75) is 19.8 Å². The van der Waals surface area contributed by atoms with E-state index in [1.165, 1.54) is 0 Å². The van der Waals surface area contributed by atoms with Crippen molar-refractivity contribution >= 4 is 11.7 Å². The van der Waals surface area contributed by atoms with Crippen LogP contribution in [-0.2, 0) is 7.05 Å². The average Bonchev–Trinajstić information content (AvgIpc) is 2.60. The van der Waals surface area contributed by atoms with Crippen LogP contribution in [0.25, 0.3) is 0 Å². The Morgan fingerprint density at radius 1 is 1.54 bits per heavy atom. The molecule has 2 heterocycles. The van der Waals surface area contributed by atoms with Crippen LogP contribution in [0, 0.1) is 12.3 Å². The first-order valence-corrected chi connectivity index (χ1v) is 4.54. The van der Waals surface area contributed by atoms with Gasteiger partial charge in [0, 0.05) is 31.8 Å². The summed E-state index contributed by atoms with van der Waals surface area (Å²) < 4.78 is 1.85. The molecule has 0 aliphatic carbocycles. The zero-order chi connectivity index (χ0) is 9.42. The van der Waals surface area contributed by atoms with E-state index >= 15 is 0 Å². The minimum atomic E-state index is 0.693. The van der Waals surface area contributed by atoms with Crippen LogP contribution in [0.4, 0.5) is 5.82 Å². The first-order chi connectivity index (χ1) is 6.18. The third kappa shape index (κ3) is 1.32. The van der Waals surface area contributed by atoms with Crippen LogP contribution in [0.2, 0.25) is 0 Å². The van der Waals surface area contributed by atoms with Crippen molar-refractivity contribution in [3.8, 4) is 0 Å². The minimum absolute atomic E-state index is 0.693. The highest BCUT2D eigenvalue weighted by Gasteiger charge is 2.20. The summed E-state index contributed by atoms with van der Waals surface area (Å²) in [4.78, 5) is 1.98. The molecule has 0 radical (unpaired) electrons. The predicted molar refractivity (Wildman–Crippen MR) is 52.3 cm³/mol. The molecule has 0 aromatic carbocycles. The fourth-order valence-corrected chi connectivity index (χ4v) is 1.60. The number of aromatic nitrogens is 2. The maximum atomic E-state index is 7.70. The van der Waals surface area contributed by atoms with Gasteiger partial charge in [-0.2, -0.15) is 5.10 Å². The lowest BCUT2D eigenvalue weighted by atomic mass is 10.4. The van der Waals surface area contributed by atoms with E-state index in [1.807, 2.05) is 29.6 Å². The van der Waals surface area contributed by atoms with Crippen molar-refractivity contribution in [3.05, 3.63) is 11.8 Å². The lowest BCUT2D eigenvalue weighted by molar-refractivity contribution is 0.737. The van der Waals surface area contributed by atoms with E-state index in [2.05, 4.69) is 5.10 Å². The van der Waals surface area contributed by atoms with Gasteiger partial charge >= 0.3 is 0 Å². The molecule has 70 valence electrons. The molecule has 0 amide bonds. The molecule has 1 aromatic heterocycles. The Hall–Kier alpha value is -1.32. The number of aryl methyl sites for hydroxylation is 2. The van der Waals surface area contributed by atoms with Crippen molar-refractivity contribution in [1.29, 1.82) is 5.41 Å². The molecule has 0 bridgehead atoms. The topological polar surface area (TPSA) is 44.9 Å². The molecule has 0 unspecified atom stereocenters. The molecule has 0 atom stereocenters. The molecular formula is C9H14N4. The second-order valence-electron chi connectivity index (χ2n) is 3.47. The van der Waals surface area contributed by atoms with Crippen molar-refractivity contribution in [1.82, 2.24) is 9.78 Å². The van der Waals surface area contributed by atoms with E-state index < -0.39 is 0 Å². The Kier molecular flexibility index (Phi) is 1.83. The second-order valence-corrected chi connectivity index (χ2v) is 3.47. The molecule has 0 spiro atoms. The molecule has 2 rings (SSSR count). The number of rotatable bonds is 1. The van der Waals surface area contributed by atoms with E-state index in [-0.39, 0.29) is 0 Å². The number of nitrogens with one attached hydrogen (secondary N) is 1. The quantitative estimate of drug-likeness (QED) is 0.704. The predicted octanol–water partition coefficient (Wildman–Crippen LogP) is 1.31. The van der Waals surface area contributed by atoms with Gasteiger partial charge in [0.05, 0.1) is 0 Å². The van der Waals surface area contributed by atoms with Crippen molar-refractivity contribution in [3.63, 3.8) is 0 Å². The highest BCUT2D eigenvalue weighted by Crippen LogP contribution is 2.20. The Bertz CT molecular complexity index is 320. The highest BCUT2D eigenvalue weighted by atomic mass is 15.4. The molecule has 1 aromatic rings. The summed E-state index contributed by atoms with van der Waals surface area (Å²) in [5.74, 6) is 1.61. The van der Waals surface area contributed by atoms with Gasteiger partial charge in [0.1, 0.15) is 5.84 Å². The van der Waals surface area contributed by atoms with E-state index in [4.69, 9.17) is 5.41 Å². The average molecular weight is 178 g/mol. The summed E-state index contributed by atoms with van der Waals surface area (Å²) in [6.07, 6.45) is 1.96. The van der Waals surface area contributed by atoms with Crippen LogP contribution in [0.3, 0.4) is 0 Å². The lowest BCUT2D eigenvalue weighted by Gasteiger charge is -2.13. The van der Waals surface area contributed by atoms with Gasteiger partial charge in [-0.1, -0.05) is 0 Å². The smallest absolute Gasteiger partial charge is 0.156 e. The lowest BCUT2D eigenvalue weighted by Crippen LogP contribution is -2.23. The molecule has 0 saturated carbocycles. The summed E-state index contributed by atoms with van der Waals surface area (Å²) >= 11 is 0. The van der Waals surface area contributed by atoms with E-state index in [9.17, 15) is 0 Å². The number of amidine groups is 1. The van der Waals surface area contributed by atoms with Crippen molar-refractivity contribution < 1.29 is 0 Å². The standard InChI is InChI=1S/C9H14N4/c1-7-6-9(11-12(7)2)13-5-3-4-8(13)10/h6,10H,3-5H2,1-2H3. The fraction of sp³-hybridized carbons (Fsp3) is 0.556. The van der Waals surface area contributed by atoms with E-state index in [1.54, 1.807) is 0 Å². The maximum absolute atomic E-state index is 7.70. The van der Waals surface area contributed by atoms with Crippen molar-refractivity contribution in [2.75, 3.05) is 11.4 Å². The zero-order valence-corrected chi connectivity index (χ0v) is 8.04. The van der Waals surface area contributed by atoms with E-state index in [0.717, 1.165) is 30.9 Å². The summed E-state index contributed by atoms with van der Waals surface area (Å²) in [6, 6.07) is 2.03. The fourth-order valence-electron chi connectivity index (χ4n) is 1.60. The summed E-state index contributed by atoms with van der Waals surface area (Å²) in [5, 5.41) is 12.0. The Morgan fingerprint density at radius 2 is 2.31 bits per heavy atom. The van der Waals surface area contributed by atoms with Gasteiger partial charge in [0.2, 0.25) is 0 Å². The van der Waals surface area contributed by atoms with Crippen molar-refractivity contribution in [2.24, 2.45) is 7.05 Å². The van der Waals surface area contributed by atoms with Crippen LogP contribution < -0.4 is 4.90 Å². The number of nitrogens with zero attached hydrogens (tertiary/aromatic N) is 3. The molecule has 4 heteroatoms. The third-order valence-corrected chi connectivity index (χ3v) is 2.50. The van der Waals surface area contributed by atoms with Gasteiger partial charge in [-0.05, 0) is 13.3 Å². The largest absolute Gasteiger partial charge is 0.314 e. The number of hydrogen-bond donors (Lipinski definition) is 1. The van der Waals surface area contributed by atoms with Gasteiger partial charge in [0.15, 0.2) is 5.82 Å². The van der Waals surface area contributed by atoms with Gasteiger partial charge in [-0.25, -0.2) is 0 Å². The second kappa shape index (κ2) is 2.87. The minimum Gasteiger partial charge on any atom is -0.314 e. The summed E-state index contributed by atoms with van der Waals surface area (Å²) in [5.41, 5.74) is 1.13. The first kappa shape index (κ1) is 8.29. The first-order valence-electron chi connectivity index (χ1n) is 4.54. The normalized spacial score (nSPS) is 17.1. The molecule has 13 heavy (non-hydrogen) atoms. The highest BCUT2D eigenvalue weighted by molar-refractivity contribution is 5.96. The van der Waals surface area contributed by atoms with Crippen LogP contribution in [0.5, 0.6) is 0 Å². The zero-order valence-electron chi connectivity index (χ0n) is 8.04. The number of hydrogen-bond acceptors (Lipinski definition) is 2. The van der Waals surface area contributed by atoms with E-state index in [0.29, 0.717) is 5.84 Å². The van der Waals surface area contributed by atoms with Crippen LogP contribution in [0.1, 0.15) is 18.5 Å². The van der Waals surface area contributed by atoms with Gasteiger partial charge in [0.25, 0.3) is 0 Å². The molecule has 1 aliphatic heterocycles. The Morgan fingerprint density at radius 3 is 2.77 bits per heavy atom. The summed E-state index contributed by atoms with van der Waals surface area (Å²) in [6.45, 7) is 2.96. The number of anilines is 1. The Labute approximate surface area is 77.7 Å².